The Morgan fingerprint density at radius 2 is 2.15 bits per heavy atom. The molecule has 0 heterocycles. The third kappa shape index (κ3) is 2.41. The quantitative estimate of drug-likeness (QED) is 0.684. The minimum atomic E-state index is -3.95. The van der Waals surface area contributed by atoms with Crippen LogP contribution in [0.4, 0.5) is 5.69 Å². The van der Waals surface area contributed by atoms with E-state index in [-0.39, 0.29) is 10.8 Å². The first-order chi connectivity index (χ1) is 9.35. The summed E-state index contributed by atoms with van der Waals surface area (Å²) in [5.41, 5.74) is 5.09. The predicted octanol–water partition coefficient (Wildman–Crippen LogP) is 0.437. The largest absolute Gasteiger partial charge is 0.387 e. The van der Waals surface area contributed by atoms with Gasteiger partial charge < -0.3 is 11.1 Å². The van der Waals surface area contributed by atoms with Crippen molar-refractivity contribution in [3.05, 3.63) is 36.9 Å². The molecule has 1 amide bonds. The molecule has 2 rings (SSSR count). The van der Waals surface area contributed by atoms with Crippen LogP contribution in [0.5, 0.6) is 0 Å². The summed E-state index contributed by atoms with van der Waals surface area (Å²) >= 11 is 0. The average molecular weight is 295 g/mol. The van der Waals surface area contributed by atoms with E-state index in [9.17, 15) is 13.2 Å². The highest BCUT2D eigenvalue weighted by Crippen LogP contribution is 2.42. The second-order valence-corrected chi connectivity index (χ2v) is 6.42. The van der Waals surface area contributed by atoms with Crippen LogP contribution in [0.3, 0.4) is 0 Å². The van der Waals surface area contributed by atoms with Crippen molar-refractivity contribution in [3.8, 4) is 0 Å². The number of benzene rings is 1. The maximum Gasteiger partial charge on any atom is 0.266 e. The molecule has 0 spiro atoms. The van der Waals surface area contributed by atoms with Crippen molar-refractivity contribution in [2.45, 2.75) is 16.9 Å². The summed E-state index contributed by atoms with van der Waals surface area (Å²) in [5.74, 6) is -0.884. The number of hydrogen-bond acceptors (Lipinski definition) is 5. The van der Waals surface area contributed by atoms with Crippen molar-refractivity contribution >= 4 is 21.6 Å². The lowest BCUT2D eigenvalue weighted by atomic mass is 10.2. The molecule has 7 heteroatoms. The Hall–Kier alpha value is -1.86. The van der Waals surface area contributed by atoms with Crippen molar-refractivity contribution in [2.75, 3.05) is 12.4 Å². The van der Waals surface area contributed by atoms with Gasteiger partial charge in [-0.25, -0.2) is 13.1 Å². The van der Waals surface area contributed by atoms with Crippen molar-refractivity contribution < 1.29 is 13.2 Å². The zero-order chi connectivity index (χ0) is 15.0. The zero-order valence-corrected chi connectivity index (χ0v) is 11.9. The van der Waals surface area contributed by atoms with Crippen LogP contribution in [0.2, 0.25) is 0 Å². The predicted molar refractivity (Wildman–Crippen MR) is 76.5 cm³/mol. The minimum absolute atomic E-state index is 0.00949. The van der Waals surface area contributed by atoms with Gasteiger partial charge in [0.05, 0.1) is 5.69 Å². The van der Waals surface area contributed by atoms with E-state index in [0.29, 0.717) is 12.1 Å². The maximum absolute atomic E-state index is 12.2. The normalized spacial score (nSPS) is 24.8. The van der Waals surface area contributed by atoms with Gasteiger partial charge in [-0.05, 0) is 18.6 Å². The summed E-state index contributed by atoms with van der Waals surface area (Å²) in [6.45, 7) is 3.56. The molecule has 1 fully saturated rings. The molecule has 0 saturated heterocycles. The van der Waals surface area contributed by atoms with Crippen LogP contribution < -0.4 is 15.8 Å². The SMILES string of the molecule is C=C[C@@H]1C[C@]1(N)C(=O)NS(=O)(=O)c1ccccc1NC. The van der Waals surface area contributed by atoms with Crippen LogP contribution in [0.25, 0.3) is 0 Å². The van der Waals surface area contributed by atoms with Gasteiger partial charge in [0.15, 0.2) is 0 Å². The summed E-state index contributed by atoms with van der Waals surface area (Å²) in [5, 5.41) is 2.77. The maximum atomic E-state index is 12.2. The number of anilines is 1. The third-order valence-electron chi connectivity index (χ3n) is 3.44. The molecule has 108 valence electrons. The lowest BCUT2D eigenvalue weighted by molar-refractivity contribution is -0.121. The smallest absolute Gasteiger partial charge is 0.266 e. The molecule has 0 radical (unpaired) electrons. The average Bonchev–Trinajstić information content (AvgIpc) is 3.11. The molecule has 1 aliphatic rings. The van der Waals surface area contributed by atoms with Gasteiger partial charge in [0.1, 0.15) is 10.4 Å². The molecule has 0 unspecified atom stereocenters. The Morgan fingerprint density at radius 3 is 2.70 bits per heavy atom. The number of amides is 1. The monoisotopic (exact) mass is 295 g/mol. The van der Waals surface area contributed by atoms with Gasteiger partial charge in [-0.1, -0.05) is 18.2 Å². The van der Waals surface area contributed by atoms with Crippen LogP contribution in [0.1, 0.15) is 6.42 Å². The van der Waals surface area contributed by atoms with Crippen molar-refractivity contribution in [1.82, 2.24) is 4.72 Å². The number of carbonyl (C=O) groups excluding carboxylic acids is 1. The summed E-state index contributed by atoms with van der Waals surface area (Å²) in [7, 11) is -2.35. The lowest BCUT2D eigenvalue weighted by Crippen LogP contribution is -2.46. The van der Waals surface area contributed by atoms with Crippen LogP contribution in [0, 0.1) is 5.92 Å². The van der Waals surface area contributed by atoms with Crippen LogP contribution in [0.15, 0.2) is 41.8 Å². The van der Waals surface area contributed by atoms with Crippen molar-refractivity contribution in [2.24, 2.45) is 11.7 Å². The van der Waals surface area contributed by atoms with Crippen molar-refractivity contribution in [1.29, 1.82) is 0 Å². The molecular weight excluding hydrogens is 278 g/mol. The van der Waals surface area contributed by atoms with Crippen LogP contribution in [-0.4, -0.2) is 26.9 Å². The van der Waals surface area contributed by atoms with E-state index in [1.165, 1.54) is 6.07 Å². The van der Waals surface area contributed by atoms with Gasteiger partial charge in [0.25, 0.3) is 15.9 Å². The minimum Gasteiger partial charge on any atom is -0.387 e. The first kappa shape index (κ1) is 14.5. The number of sulfonamides is 1. The van der Waals surface area contributed by atoms with E-state index in [2.05, 4.69) is 11.9 Å². The molecular formula is C13H17N3O3S. The van der Waals surface area contributed by atoms with Gasteiger partial charge in [0.2, 0.25) is 0 Å². The number of carbonyl (C=O) groups is 1. The van der Waals surface area contributed by atoms with E-state index < -0.39 is 21.5 Å². The zero-order valence-electron chi connectivity index (χ0n) is 11.1. The molecule has 0 aromatic heterocycles. The first-order valence-corrected chi connectivity index (χ1v) is 7.59. The first-order valence-electron chi connectivity index (χ1n) is 6.10. The van der Waals surface area contributed by atoms with E-state index in [1.807, 2.05) is 4.72 Å². The molecule has 0 bridgehead atoms. The highest BCUT2D eigenvalue weighted by atomic mass is 32.2. The summed E-state index contributed by atoms with van der Waals surface area (Å²) in [6, 6.07) is 6.32. The second-order valence-electron chi connectivity index (χ2n) is 4.77. The topological polar surface area (TPSA) is 101 Å². The Kier molecular flexibility index (Phi) is 3.58. The molecule has 1 aromatic carbocycles. The summed E-state index contributed by atoms with van der Waals surface area (Å²) in [6.07, 6.45) is 1.97. The van der Waals surface area contributed by atoms with Gasteiger partial charge in [-0.2, -0.15) is 0 Å². The van der Waals surface area contributed by atoms with E-state index >= 15 is 0 Å². The van der Waals surface area contributed by atoms with Crippen molar-refractivity contribution in [3.63, 3.8) is 0 Å². The van der Waals surface area contributed by atoms with E-state index in [1.54, 1.807) is 31.3 Å². The number of nitrogens with one attached hydrogen (secondary N) is 2. The second kappa shape index (κ2) is 4.92. The molecule has 20 heavy (non-hydrogen) atoms. The van der Waals surface area contributed by atoms with Crippen LogP contribution in [-0.2, 0) is 14.8 Å². The fourth-order valence-corrected chi connectivity index (χ4v) is 3.30. The Bertz CT molecular complexity index is 657. The van der Waals surface area contributed by atoms with Gasteiger partial charge >= 0.3 is 0 Å². The molecule has 1 aromatic rings. The standard InChI is InChI=1S/C13H17N3O3S/c1-3-9-8-13(9,14)12(17)16-20(18,19)11-7-5-4-6-10(11)15-2/h3-7,9,15H,1,8,14H2,2H3,(H,16,17)/t9-,13-/m1/s1. The number of rotatable bonds is 5. The number of hydrogen-bond donors (Lipinski definition) is 3. The lowest BCUT2D eigenvalue weighted by Gasteiger charge is -2.14. The molecule has 1 aliphatic carbocycles. The summed E-state index contributed by atoms with van der Waals surface area (Å²) in [4.78, 5) is 12.0. The van der Waals surface area contributed by atoms with Gasteiger partial charge in [-0.3, -0.25) is 4.79 Å². The summed E-state index contributed by atoms with van der Waals surface area (Å²) < 4.78 is 26.5. The van der Waals surface area contributed by atoms with Gasteiger partial charge in [0, 0.05) is 13.0 Å². The Labute approximate surface area is 118 Å². The Morgan fingerprint density at radius 1 is 1.50 bits per heavy atom. The molecule has 4 N–H and O–H groups in total. The fraction of sp³-hybridized carbons (Fsp3) is 0.308. The number of nitrogens with two attached hydrogens (primary N) is 1. The van der Waals surface area contributed by atoms with E-state index in [0.717, 1.165) is 0 Å². The van der Waals surface area contributed by atoms with E-state index in [4.69, 9.17) is 5.73 Å². The Balaban J connectivity index is 2.24. The highest BCUT2D eigenvalue weighted by Gasteiger charge is 2.56. The third-order valence-corrected chi connectivity index (χ3v) is 4.83. The molecule has 0 aliphatic heterocycles. The van der Waals surface area contributed by atoms with Crippen LogP contribution >= 0.6 is 0 Å². The molecule has 6 nitrogen and oxygen atoms in total. The number of para-hydroxylation sites is 1. The molecule has 2 atom stereocenters. The molecule has 1 saturated carbocycles. The highest BCUT2D eigenvalue weighted by molar-refractivity contribution is 7.90. The fourth-order valence-electron chi connectivity index (χ4n) is 2.04. The van der Waals surface area contributed by atoms with Gasteiger partial charge in [-0.15, -0.1) is 6.58 Å².